The predicted octanol–water partition coefficient (Wildman–Crippen LogP) is 5.03. The number of ether oxygens (including phenoxy) is 1. The molecule has 0 aliphatic heterocycles. The molecular formula is C22H25NO2. The standard InChI is InChI=1S/C22H25NO2/c1-5-23-20-12-11-18(25-14-15(2)3)13-19(20)22(24)16(4)21(23)17-9-7-6-8-10-17/h6-13,15H,5,14H2,1-4H3. The monoisotopic (exact) mass is 335 g/mol. The highest BCUT2D eigenvalue weighted by Crippen LogP contribution is 2.28. The average molecular weight is 335 g/mol. The van der Waals surface area contributed by atoms with Crippen LogP contribution in [-0.2, 0) is 6.54 Å². The third kappa shape index (κ3) is 3.32. The largest absolute Gasteiger partial charge is 0.493 e. The maximum Gasteiger partial charge on any atom is 0.193 e. The first-order valence-corrected chi connectivity index (χ1v) is 8.88. The lowest BCUT2D eigenvalue weighted by molar-refractivity contribution is 0.271. The molecule has 0 atom stereocenters. The lowest BCUT2D eigenvalue weighted by atomic mass is 10.0. The van der Waals surface area contributed by atoms with Crippen LogP contribution >= 0.6 is 0 Å². The van der Waals surface area contributed by atoms with E-state index >= 15 is 0 Å². The van der Waals surface area contributed by atoms with Gasteiger partial charge in [0.25, 0.3) is 0 Å². The van der Waals surface area contributed by atoms with E-state index in [1.54, 1.807) is 0 Å². The lowest BCUT2D eigenvalue weighted by Gasteiger charge is -2.19. The number of benzene rings is 2. The molecule has 1 heterocycles. The Labute approximate surface area is 148 Å². The molecule has 0 radical (unpaired) electrons. The summed E-state index contributed by atoms with van der Waals surface area (Å²) in [5.74, 6) is 1.21. The molecule has 3 heteroatoms. The Balaban J connectivity index is 2.23. The quantitative estimate of drug-likeness (QED) is 0.655. The van der Waals surface area contributed by atoms with Gasteiger partial charge < -0.3 is 9.30 Å². The third-order valence-electron chi connectivity index (χ3n) is 4.42. The zero-order valence-electron chi connectivity index (χ0n) is 15.4. The summed E-state index contributed by atoms with van der Waals surface area (Å²) in [4.78, 5) is 13.0. The van der Waals surface area contributed by atoms with Crippen LogP contribution in [0.1, 0.15) is 26.3 Å². The van der Waals surface area contributed by atoms with Crippen LogP contribution < -0.4 is 10.2 Å². The van der Waals surface area contributed by atoms with Gasteiger partial charge in [-0.25, -0.2) is 0 Å². The van der Waals surface area contributed by atoms with Crippen LogP contribution in [0.5, 0.6) is 5.75 Å². The van der Waals surface area contributed by atoms with Gasteiger partial charge in [0.2, 0.25) is 0 Å². The van der Waals surface area contributed by atoms with Crippen molar-refractivity contribution in [2.45, 2.75) is 34.2 Å². The number of aromatic nitrogens is 1. The van der Waals surface area contributed by atoms with Crippen LogP contribution in [0.4, 0.5) is 0 Å². The van der Waals surface area contributed by atoms with E-state index in [2.05, 4.69) is 37.5 Å². The number of hydrogen-bond donors (Lipinski definition) is 0. The first kappa shape index (κ1) is 17.3. The Morgan fingerprint density at radius 3 is 2.44 bits per heavy atom. The second kappa shape index (κ2) is 7.14. The normalized spacial score (nSPS) is 11.2. The topological polar surface area (TPSA) is 31.2 Å². The molecule has 0 bridgehead atoms. The SMILES string of the molecule is CCn1c(-c2ccccc2)c(C)c(=O)c2cc(OCC(C)C)ccc21. The van der Waals surface area contributed by atoms with Crippen molar-refractivity contribution in [2.75, 3.05) is 6.61 Å². The summed E-state index contributed by atoms with van der Waals surface area (Å²) in [5, 5.41) is 0.722. The first-order chi connectivity index (χ1) is 12.0. The Bertz CT molecular complexity index is 940. The third-order valence-corrected chi connectivity index (χ3v) is 4.42. The molecule has 0 saturated carbocycles. The summed E-state index contributed by atoms with van der Waals surface area (Å²) in [6.07, 6.45) is 0. The molecule has 130 valence electrons. The first-order valence-electron chi connectivity index (χ1n) is 8.88. The van der Waals surface area contributed by atoms with Crippen LogP contribution in [0, 0.1) is 12.8 Å². The zero-order chi connectivity index (χ0) is 18.0. The molecule has 0 aliphatic rings. The molecule has 0 amide bonds. The minimum atomic E-state index is 0.0774. The van der Waals surface area contributed by atoms with Gasteiger partial charge in [0.15, 0.2) is 5.43 Å². The molecular weight excluding hydrogens is 310 g/mol. The molecule has 0 aliphatic carbocycles. The van der Waals surface area contributed by atoms with Crippen LogP contribution in [-0.4, -0.2) is 11.2 Å². The van der Waals surface area contributed by atoms with Gasteiger partial charge in [-0.2, -0.15) is 0 Å². The van der Waals surface area contributed by atoms with Crippen molar-refractivity contribution in [2.24, 2.45) is 5.92 Å². The summed E-state index contributed by atoms with van der Waals surface area (Å²) in [5.41, 5.74) is 3.88. The van der Waals surface area contributed by atoms with Gasteiger partial charge in [0.05, 0.1) is 17.8 Å². The fraction of sp³-hybridized carbons (Fsp3) is 0.318. The minimum absolute atomic E-state index is 0.0774. The van der Waals surface area contributed by atoms with Crippen molar-refractivity contribution >= 4 is 10.9 Å². The van der Waals surface area contributed by atoms with Crippen LogP contribution in [0.15, 0.2) is 53.3 Å². The number of hydrogen-bond acceptors (Lipinski definition) is 2. The Hall–Kier alpha value is -2.55. The average Bonchev–Trinajstić information content (AvgIpc) is 2.63. The van der Waals surface area contributed by atoms with Gasteiger partial charge in [0.1, 0.15) is 5.75 Å². The van der Waals surface area contributed by atoms with E-state index in [-0.39, 0.29) is 5.43 Å². The number of pyridine rings is 1. The van der Waals surface area contributed by atoms with E-state index in [1.165, 1.54) is 0 Å². The molecule has 3 rings (SSSR count). The van der Waals surface area contributed by atoms with E-state index in [0.29, 0.717) is 12.5 Å². The molecule has 0 unspecified atom stereocenters. The summed E-state index contributed by atoms with van der Waals surface area (Å²) >= 11 is 0. The number of rotatable bonds is 5. The van der Waals surface area contributed by atoms with Crippen molar-refractivity contribution < 1.29 is 4.74 Å². The van der Waals surface area contributed by atoms with Crippen LogP contribution in [0.25, 0.3) is 22.2 Å². The van der Waals surface area contributed by atoms with E-state index in [1.807, 2.05) is 43.3 Å². The van der Waals surface area contributed by atoms with Crippen molar-refractivity contribution in [1.29, 1.82) is 0 Å². The van der Waals surface area contributed by atoms with Gasteiger partial charge in [-0.05, 0) is 43.5 Å². The number of aryl methyl sites for hydroxylation is 1. The molecule has 0 fully saturated rings. The minimum Gasteiger partial charge on any atom is -0.493 e. The highest BCUT2D eigenvalue weighted by Gasteiger charge is 2.15. The summed E-state index contributed by atoms with van der Waals surface area (Å²) < 4.78 is 8.03. The maximum absolute atomic E-state index is 13.0. The van der Waals surface area contributed by atoms with E-state index in [0.717, 1.165) is 40.0 Å². The van der Waals surface area contributed by atoms with E-state index < -0.39 is 0 Å². The highest BCUT2D eigenvalue weighted by molar-refractivity contribution is 5.85. The van der Waals surface area contributed by atoms with Crippen LogP contribution in [0.3, 0.4) is 0 Å². The van der Waals surface area contributed by atoms with Crippen molar-refractivity contribution in [1.82, 2.24) is 4.57 Å². The van der Waals surface area contributed by atoms with Gasteiger partial charge in [-0.15, -0.1) is 0 Å². The molecule has 0 spiro atoms. The molecule has 1 aromatic heterocycles. The Morgan fingerprint density at radius 1 is 1.08 bits per heavy atom. The van der Waals surface area contributed by atoms with Crippen molar-refractivity contribution in [3.05, 3.63) is 64.3 Å². The van der Waals surface area contributed by atoms with Crippen LogP contribution in [0.2, 0.25) is 0 Å². The zero-order valence-corrected chi connectivity index (χ0v) is 15.4. The van der Waals surface area contributed by atoms with Gasteiger partial charge in [-0.3, -0.25) is 4.79 Å². The summed E-state index contributed by atoms with van der Waals surface area (Å²) in [6.45, 7) is 9.70. The summed E-state index contributed by atoms with van der Waals surface area (Å²) in [7, 11) is 0. The van der Waals surface area contributed by atoms with Crippen molar-refractivity contribution in [3.8, 4) is 17.0 Å². The second-order valence-electron chi connectivity index (χ2n) is 6.80. The number of fused-ring (bicyclic) bond motifs is 1. The fourth-order valence-electron chi connectivity index (χ4n) is 3.21. The summed E-state index contributed by atoms with van der Waals surface area (Å²) in [6, 6.07) is 16.0. The van der Waals surface area contributed by atoms with Gasteiger partial charge >= 0.3 is 0 Å². The molecule has 3 nitrogen and oxygen atoms in total. The Morgan fingerprint density at radius 2 is 1.80 bits per heavy atom. The van der Waals surface area contributed by atoms with Crippen molar-refractivity contribution in [3.63, 3.8) is 0 Å². The number of nitrogens with zero attached hydrogens (tertiary/aromatic N) is 1. The van der Waals surface area contributed by atoms with E-state index in [4.69, 9.17) is 4.74 Å². The molecule has 3 aromatic rings. The lowest BCUT2D eigenvalue weighted by Crippen LogP contribution is -2.16. The highest BCUT2D eigenvalue weighted by atomic mass is 16.5. The molecule has 0 saturated heterocycles. The fourth-order valence-corrected chi connectivity index (χ4v) is 3.21. The van der Waals surface area contributed by atoms with E-state index in [9.17, 15) is 4.79 Å². The smallest absolute Gasteiger partial charge is 0.193 e. The molecule has 0 N–H and O–H groups in total. The molecule has 2 aromatic carbocycles. The van der Waals surface area contributed by atoms with Gasteiger partial charge in [0, 0.05) is 17.5 Å². The molecule has 25 heavy (non-hydrogen) atoms. The maximum atomic E-state index is 13.0. The predicted molar refractivity (Wildman–Crippen MR) is 104 cm³/mol. The van der Waals surface area contributed by atoms with Gasteiger partial charge in [-0.1, -0.05) is 44.2 Å². The Kier molecular flexibility index (Phi) is 4.93. The second-order valence-corrected chi connectivity index (χ2v) is 6.80.